The molecular weight excluding hydrogens is 254 g/mol. The van der Waals surface area contributed by atoms with Crippen molar-refractivity contribution in [1.82, 2.24) is 5.32 Å². The number of hydrogen-bond acceptors (Lipinski definition) is 1. The van der Waals surface area contributed by atoms with E-state index in [1.54, 1.807) is 6.92 Å². The summed E-state index contributed by atoms with van der Waals surface area (Å²) < 4.78 is 1.10. The van der Waals surface area contributed by atoms with E-state index in [1.807, 2.05) is 12.1 Å². The fourth-order valence-corrected chi connectivity index (χ4v) is 1.68. The van der Waals surface area contributed by atoms with Crippen molar-refractivity contribution in [2.45, 2.75) is 20.3 Å². The van der Waals surface area contributed by atoms with Gasteiger partial charge in [-0.3, -0.25) is 4.79 Å². The summed E-state index contributed by atoms with van der Waals surface area (Å²) in [6.07, 6.45) is 0.994. The van der Waals surface area contributed by atoms with Gasteiger partial charge >= 0.3 is 0 Å². The molecule has 0 fully saturated rings. The average Bonchev–Trinajstić information content (AvgIpc) is 2.19. The number of carbonyl (C=O) groups is 1. The van der Waals surface area contributed by atoms with Crippen molar-refractivity contribution < 1.29 is 4.79 Å². The van der Waals surface area contributed by atoms with Crippen LogP contribution in [-0.4, -0.2) is 12.5 Å². The zero-order valence-corrected chi connectivity index (χ0v) is 10.7. The third-order valence-electron chi connectivity index (χ3n) is 2.20. The van der Waals surface area contributed by atoms with Gasteiger partial charge in [0.05, 0.1) is 0 Å². The minimum atomic E-state index is 0.0395. The average molecular weight is 270 g/mol. The summed E-state index contributed by atoms with van der Waals surface area (Å²) in [5.41, 5.74) is 1.30. The summed E-state index contributed by atoms with van der Waals surface area (Å²) in [6, 6.07) is 8.30. The Kier molecular flexibility index (Phi) is 4.82. The van der Waals surface area contributed by atoms with Gasteiger partial charge in [-0.2, -0.15) is 0 Å². The van der Waals surface area contributed by atoms with Crippen LogP contribution in [0.1, 0.15) is 19.4 Å². The predicted octanol–water partition coefficient (Wildman–Crippen LogP) is 2.76. The monoisotopic (exact) mass is 269 g/mol. The summed E-state index contributed by atoms with van der Waals surface area (Å²) in [6.45, 7) is 4.43. The molecule has 0 saturated heterocycles. The zero-order chi connectivity index (χ0) is 11.3. The van der Waals surface area contributed by atoms with E-state index in [9.17, 15) is 4.79 Å². The highest BCUT2D eigenvalue weighted by atomic mass is 79.9. The molecule has 2 nitrogen and oxygen atoms in total. The van der Waals surface area contributed by atoms with Crippen LogP contribution in [0, 0.1) is 5.92 Å². The van der Waals surface area contributed by atoms with Crippen molar-refractivity contribution in [1.29, 1.82) is 0 Å². The van der Waals surface area contributed by atoms with Crippen molar-refractivity contribution in [3.63, 3.8) is 0 Å². The second-order valence-corrected chi connectivity index (χ2v) is 4.79. The molecule has 3 heteroatoms. The molecule has 1 N–H and O–H groups in total. The maximum absolute atomic E-state index is 10.7. The van der Waals surface area contributed by atoms with Gasteiger partial charge in [0.1, 0.15) is 0 Å². The highest BCUT2D eigenvalue weighted by Crippen LogP contribution is 2.13. The van der Waals surface area contributed by atoms with Crippen LogP contribution < -0.4 is 5.32 Å². The Morgan fingerprint density at radius 3 is 2.53 bits per heavy atom. The number of halogens is 1. The Labute approximate surface area is 99.2 Å². The normalized spacial score (nSPS) is 12.2. The lowest BCUT2D eigenvalue weighted by Crippen LogP contribution is -2.26. The van der Waals surface area contributed by atoms with Crippen molar-refractivity contribution in [2.75, 3.05) is 6.54 Å². The van der Waals surface area contributed by atoms with Crippen LogP contribution in [0.15, 0.2) is 28.7 Å². The lowest BCUT2D eigenvalue weighted by atomic mass is 10.0. The van der Waals surface area contributed by atoms with Crippen LogP contribution in [0.3, 0.4) is 0 Å². The fraction of sp³-hybridized carbons (Fsp3) is 0.417. The fourth-order valence-electron chi connectivity index (χ4n) is 1.41. The molecule has 0 heterocycles. The molecular formula is C12H16BrNO. The van der Waals surface area contributed by atoms with Crippen LogP contribution in [-0.2, 0) is 11.2 Å². The number of benzene rings is 1. The topological polar surface area (TPSA) is 29.1 Å². The molecule has 0 aliphatic carbocycles. The van der Waals surface area contributed by atoms with E-state index in [-0.39, 0.29) is 5.91 Å². The Morgan fingerprint density at radius 1 is 1.40 bits per heavy atom. The van der Waals surface area contributed by atoms with Gasteiger partial charge in [0, 0.05) is 17.9 Å². The van der Waals surface area contributed by atoms with E-state index in [0.29, 0.717) is 5.92 Å². The number of amides is 1. The number of carbonyl (C=O) groups excluding carboxylic acids is 1. The van der Waals surface area contributed by atoms with Crippen LogP contribution in [0.25, 0.3) is 0 Å². The lowest BCUT2D eigenvalue weighted by Gasteiger charge is -2.11. The Balaban J connectivity index is 2.40. The molecule has 0 aliphatic rings. The summed E-state index contributed by atoms with van der Waals surface area (Å²) in [5, 5.41) is 2.83. The molecule has 1 atom stereocenters. The SMILES string of the molecule is CC(=O)NCC(C)Cc1ccc(Br)cc1. The number of rotatable bonds is 4. The Bertz CT molecular complexity index is 321. The Morgan fingerprint density at radius 2 is 2.00 bits per heavy atom. The van der Waals surface area contributed by atoms with E-state index in [1.165, 1.54) is 5.56 Å². The second kappa shape index (κ2) is 5.91. The number of nitrogens with one attached hydrogen (secondary N) is 1. The highest BCUT2D eigenvalue weighted by Gasteiger charge is 2.04. The second-order valence-electron chi connectivity index (χ2n) is 3.87. The van der Waals surface area contributed by atoms with Gasteiger partial charge in [-0.1, -0.05) is 35.0 Å². The third kappa shape index (κ3) is 4.98. The molecule has 0 radical (unpaired) electrons. The van der Waals surface area contributed by atoms with Crippen molar-refractivity contribution in [2.24, 2.45) is 5.92 Å². The van der Waals surface area contributed by atoms with Crippen LogP contribution in [0.4, 0.5) is 0 Å². The molecule has 1 rings (SSSR count). The lowest BCUT2D eigenvalue weighted by molar-refractivity contribution is -0.119. The molecule has 82 valence electrons. The standard InChI is InChI=1S/C12H16BrNO/c1-9(8-14-10(2)15)7-11-3-5-12(13)6-4-11/h3-6,9H,7-8H2,1-2H3,(H,14,15). The van der Waals surface area contributed by atoms with E-state index in [4.69, 9.17) is 0 Å². The quantitative estimate of drug-likeness (QED) is 0.895. The molecule has 15 heavy (non-hydrogen) atoms. The van der Waals surface area contributed by atoms with Crippen molar-refractivity contribution in [3.8, 4) is 0 Å². The molecule has 1 unspecified atom stereocenters. The summed E-state index contributed by atoms with van der Waals surface area (Å²) >= 11 is 3.40. The van der Waals surface area contributed by atoms with Crippen molar-refractivity contribution in [3.05, 3.63) is 34.3 Å². The molecule has 0 bridgehead atoms. The van der Waals surface area contributed by atoms with Crippen LogP contribution in [0.5, 0.6) is 0 Å². The molecule has 0 aromatic heterocycles. The van der Waals surface area contributed by atoms with Gasteiger partial charge in [0.25, 0.3) is 0 Å². The maximum Gasteiger partial charge on any atom is 0.216 e. The first kappa shape index (κ1) is 12.2. The largest absolute Gasteiger partial charge is 0.356 e. The van der Waals surface area contributed by atoms with Gasteiger partial charge in [0.15, 0.2) is 0 Å². The molecule has 0 spiro atoms. The van der Waals surface area contributed by atoms with Gasteiger partial charge in [-0.15, -0.1) is 0 Å². The molecule has 0 saturated carbocycles. The molecule has 1 aromatic rings. The Hall–Kier alpha value is -0.830. The van der Waals surface area contributed by atoms with E-state index < -0.39 is 0 Å². The maximum atomic E-state index is 10.7. The summed E-state index contributed by atoms with van der Waals surface area (Å²) in [7, 11) is 0. The molecule has 0 aliphatic heterocycles. The van der Waals surface area contributed by atoms with Crippen LogP contribution in [0.2, 0.25) is 0 Å². The first-order chi connectivity index (χ1) is 7.08. The van der Waals surface area contributed by atoms with Gasteiger partial charge in [-0.05, 0) is 30.0 Å². The number of hydrogen-bond donors (Lipinski definition) is 1. The summed E-state index contributed by atoms with van der Waals surface area (Å²) in [4.78, 5) is 10.7. The smallest absolute Gasteiger partial charge is 0.216 e. The molecule has 1 amide bonds. The van der Waals surface area contributed by atoms with Gasteiger partial charge in [0.2, 0.25) is 5.91 Å². The van der Waals surface area contributed by atoms with Crippen LogP contribution >= 0.6 is 15.9 Å². The van der Waals surface area contributed by atoms with Gasteiger partial charge in [-0.25, -0.2) is 0 Å². The first-order valence-corrected chi connectivity index (χ1v) is 5.86. The summed E-state index contributed by atoms with van der Waals surface area (Å²) in [5.74, 6) is 0.507. The van der Waals surface area contributed by atoms with Crippen molar-refractivity contribution >= 4 is 21.8 Å². The minimum absolute atomic E-state index is 0.0395. The van der Waals surface area contributed by atoms with E-state index >= 15 is 0 Å². The predicted molar refractivity (Wildman–Crippen MR) is 65.7 cm³/mol. The zero-order valence-electron chi connectivity index (χ0n) is 9.09. The first-order valence-electron chi connectivity index (χ1n) is 5.07. The van der Waals surface area contributed by atoms with E-state index in [0.717, 1.165) is 17.4 Å². The minimum Gasteiger partial charge on any atom is -0.356 e. The van der Waals surface area contributed by atoms with E-state index in [2.05, 4.69) is 40.3 Å². The third-order valence-corrected chi connectivity index (χ3v) is 2.73. The highest BCUT2D eigenvalue weighted by molar-refractivity contribution is 9.10. The molecule has 1 aromatic carbocycles. The van der Waals surface area contributed by atoms with Gasteiger partial charge < -0.3 is 5.32 Å².